The van der Waals surface area contributed by atoms with Crippen LogP contribution in [0.2, 0.25) is 0 Å². The fraction of sp³-hybridized carbons (Fsp3) is 0.250. The Hall–Kier alpha value is -2.38. The van der Waals surface area contributed by atoms with Crippen LogP contribution in [0, 0.1) is 0 Å². The van der Waals surface area contributed by atoms with Gasteiger partial charge in [0.2, 0.25) is 5.88 Å². The zero-order valence-electron chi connectivity index (χ0n) is 12.5. The third-order valence-corrected chi connectivity index (χ3v) is 4.60. The average molecular weight is 329 g/mol. The summed E-state index contributed by atoms with van der Waals surface area (Å²) in [5.41, 5.74) is 1.79. The van der Waals surface area contributed by atoms with Gasteiger partial charge in [0.05, 0.1) is 12.6 Å². The smallest absolute Gasteiger partial charge is 0.214 e. The predicted octanol–water partition coefficient (Wildman–Crippen LogP) is 3.14. The van der Waals surface area contributed by atoms with Gasteiger partial charge in [0.1, 0.15) is 16.3 Å². The van der Waals surface area contributed by atoms with Crippen molar-refractivity contribution in [2.24, 2.45) is 0 Å². The minimum Gasteiger partial charge on any atom is -0.481 e. The topological polar surface area (TPSA) is 72.8 Å². The fourth-order valence-electron chi connectivity index (χ4n) is 2.50. The number of imidazole rings is 1. The molecule has 23 heavy (non-hydrogen) atoms. The maximum absolute atomic E-state index is 8.89. The van der Waals surface area contributed by atoms with Crippen molar-refractivity contribution in [3.8, 4) is 17.3 Å². The van der Waals surface area contributed by atoms with Gasteiger partial charge in [0, 0.05) is 25.3 Å². The third-order valence-electron chi connectivity index (χ3n) is 3.64. The van der Waals surface area contributed by atoms with E-state index in [-0.39, 0.29) is 6.61 Å². The monoisotopic (exact) mass is 329 g/mol. The Morgan fingerprint density at radius 3 is 3.00 bits per heavy atom. The van der Waals surface area contributed by atoms with Crippen LogP contribution in [0.25, 0.3) is 26.8 Å². The normalized spacial score (nSPS) is 11.6. The zero-order valence-corrected chi connectivity index (χ0v) is 13.3. The molecule has 4 aromatic rings. The number of thiazole rings is 1. The van der Waals surface area contributed by atoms with Gasteiger partial charge in [-0.3, -0.25) is 4.40 Å². The maximum atomic E-state index is 8.89. The molecule has 6 nitrogen and oxygen atoms in total. The number of fused-ring (bicyclic) bond motifs is 3. The largest absolute Gasteiger partial charge is 0.481 e. The number of furan rings is 1. The van der Waals surface area contributed by atoms with Crippen molar-refractivity contribution in [2.45, 2.75) is 12.8 Å². The third kappa shape index (κ3) is 2.47. The van der Waals surface area contributed by atoms with Crippen LogP contribution >= 0.6 is 11.3 Å². The Labute approximate surface area is 136 Å². The van der Waals surface area contributed by atoms with E-state index >= 15 is 0 Å². The van der Waals surface area contributed by atoms with Gasteiger partial charge in [0.25, 0.3) is 0 Å². The molecule has 0 saturated carbocycles. The van der Waals surface area contributed by atoms with Crippen LogP contribution in [0.5, 0.6) is 5.88 Å². The second-order valence-electron chi connectivity index (χ2n) is 5.15. The van der Waals surface area contributed by atoms with Gasteiger partial charge in [-0.15, -0.1) is 0 Å². The second-order valence-corrected chi connectivity index (χ2v) is 6.11. The van der Waals surface area contributed by atoms with E-state index in [0.29, 0.717) is 12.3 Å². The summed E-state index contributed by atoms with van der Waals surface area (Å²) in [6.45, 7) is 0.165. The molecular weight excluding hydrogens is 314 g/mol. The Morgan fingerprint density at radius 2 is 2.17 bits per heavy atom. The molecule has 0 bridgehead atoms. The van der Waals surface area contributed by atoms with Gasteiger partial charge in [0.15, 0.2) is 10.7 Å². The van der Waals surface area contributed by atoms with E-state index in [1.54, 1.807) is 7.11 Å². The number of ether oxygens (including phenoxy) is 1. The number of aliphatic hydroxyl groups is 1. The highest BCUT2D eigenvalue weighted by atomic mass is 32.1. The lowest BCUT2D eigenvalue weighted by Gasteiger charge is -1.97. The SMILES string of the molecule is COc1ccc2c(n1)sc1nc(-c3ccc(CCCO)o3)cn12. The molecular formula is C16H15N3O3S. The lowest BCUT2D eigenvalue weighted by atomic mass is 10.2. The van der Waals surface area contributed by atoms with E-state index in [2.05, 4.69) is 9.97 Å². The maximum Gasteiger partial charge on any atom is 0.214 e. The minimum atomic E-state index is 0.165. The van der Waals surface area contributed by atoms with Crippen molar-refractivity contribution in [1.82, 2.24) is 14.4 Å². The number of aliphatic hydroxyl groups excluding tert-OH is 1. The summed E-state index contributed by atoms with van der Waals surface area (Å²) in [6, 6.07) is 7.67. The highest BCUT2D eigenvalue weighted by Crippen LogP contribution is 2.30. The zero-order chi connectivity index (χ0) is 15.8. The molecule has 4 aromatic heterocycles. The van der Waals surface area contributed by atoms with Crippen molar-refractivity contribution in [1.29, 1.82) is 0 Å². The summed E-state index contributed by atoms with van der Waals surface area (Å²) in [6.07, 6.45) is 3.38. The minimum absolute atomic E-state index is 0.165. The Bertz CT molecular complexity index is 970. The first-order valence-electron chi connectivity index (χ1n) is 7.31. The Balaban J connectivity index is 1.72. The molecule has 4 heterocycles. The fourth-order valence-corrected chi connectivity index (χ4v) is 3.48. The van der Waals surface area contributed by atoms with Crippen LogP contribution in [0.15, 0.2) is 34.9 Å². The number of aryl methyl sites for hydroxylation is 1. The van der Waals surface area contributed by atoms with Crippen LogP contribution in [0.3, 0.4) is 0 Å². The first-order chi connectivity index (χ1) is 11.3. The van der Waals surface area contributed by atoms with Gasteiger partial charge in [-0.2, -0.15) is 0 Å². The molecule has 0 fully saturated rings. The molecule has 118 valence electrons. The molecule has 0 amide bonds. The van der Waals surface area contributed by atoms with Crippen LogP contribution in [-0.2, 0) is 6.42 Å². The highest BCUT2D eigenvalue weighted by Gasteiger charge is 2.14. The van der Waals surface area contributed by atoms with E-state index < -0.39 is 0 Å². The number of rotatable bonds is 5. The quantitative estimate of drug-likeness (QED) is 0.609. The molecule has 4 rings (SSSR count). The molecule has 0 aliphatic carbocycles. The molecule has 0 spiro atoms. The highest BCUT2D eigenvalue weighted by molar-refractivity contribution is 7.23. The number of pyridine rings is 1. The summed E-state index contributed by atoms with van der Waals surface area (Å²) in [5.74, 6) is 2.20. The van der Waals surface area contributed by atoms with Crippen LogP contribution in [0.1, 0.15) is 12.2 Å². The van der Waals surface area contributed by atoms with Crippen LogP contribution < -0.4 is 4.74 Å². The van der Waals surface area contributed by atoms with Crippen molar-refractivity contribution in [3.63, 3.8) is 0 Å². The standard InChI is InChI=1S/C16H15N3O3S/c1-21-14-7-5-12-15(18-14)23-16-17-11(9-19(12)16)13-6-4-10(22-13)3-2-8-20/h4-7,9,20H,2-3,8H2,1H3. The summed E-state index contributed by atoms with van der Waals surface area (Å²) < 4.78 is 13.0. The second kappa shape index (κ2) is 5.68. The molecule has 0 unspecified atom stereocenters. The lowest BCUT2D eigenvalue weighted by molar-refractivity contribution is 0.284. The van der Waals surface area contributed by atoms with E-state index in [0.717, 1.165) is 38.9 Å². The van der Waals surface area contributed by atoms with Crippen molar-refractivity contribution < 1.29 is 14.3 Å². The number of aromatic nitrogens is 3. The average Bonchev–Trinajstić information content (AvgIpc) is 3.25. The molecule has 0 aliphatic heterocycles. The molecule has 0 radical (unpaired) electrons. The van der Waals surface area contributed by atoms with Gasteiger partial charge in [-0.05, 0) is 24.6 Å². The van der Waals surface area contributed by atoms with E-state index in [1.165, 1.54) is 11.3 Å². The van der Waals surface area contributed by atoms with Gasteiger partial charge in [-0.1, -0.05) is 11.3 Å². The molecule has 0 atom stereocenters. The van der Waals surface area contributed by atoms with Crippen molar-refractivity contribution >= 4 is 26.6 Å². The molecule has 0 aromatic carbocycles. The first kappa shape index (κ1) is 14.2. The van der Waals surface area contributed by atoms with E-state index in [9.17, 15) is 0 Å². The van der Waals surface area contributed by atoms with Gasteiger partial charge in [-0.25, -0.2) is 9.97 Å². The number of hydrogen-bond donors (Lipinski definition) is 1. The van der Waals surface area contributed by atoms with E-state index in [1.807, 2.05) is 34.9 Å². The van der Waals surface area contributed by atoms with Gasteiger partial charge >= 0.3 is 0 Å². The van der Waals surface area contributed by atoms with Crippen LogP contribution in [0.4, 0.5) is 0 Å². The lowest BCUT2D eigenvalue weighted by Crippen LogP contribution is -1.86. The Morgan fingerprint density at radius 1 is 1.26 bits per heavy atom. The predicted molar refractivity (Wildman–Crippen MR) is 88.0 cm³/mol. The number of methoxy groups -OCH3 is 1. The molecule has 0 aliphatic rings. The Kier molecular flexibility index (Phi) is 3.51. The summed E-state index contributed by atoms with van der Waals surface area (Å²) in [5, 5.41) is 8.89. The number of nitrogens with zero attached hydrogens (tertiary/aromatic N) is 3. The van der Waals surface area contributed by atoms with Gasteiger partial charge < -0.3 is 14.3 Å². The summed E-state index contributed by atoms with van der Waals surface area (Å²) in [4.78, 5) is 10.8. The molecule has 7 heteroatoms. The molecule has 0 saturated heterocycles. The number of hydrogen-bond acceptors (Lipinski definition) is 6. The summed E-state index contributed by atoms with van der Waals surface area (Å²) in [7, 11) is 1.61. The van der Waals surface area contributed by atoms with E-state index in [4.69, 9.17) is 14.3 Å². The van der Waals surface area contributed by atoms with Crippen LogP contribution in [-0.4, -0.2) is 33.2 Å². The van der Waals surface area contributed by atoms with Crippen molar-refractivity contribution in [3.05, 3.63) is 36.2 Å². The summed E-state index contributed by atoms with van der Waals surface area (Å²) >= 11 is 1.51. The first-order valence-corrected chi connectivity index (χ1v) is 8.13. The molecule has 1 N–H and O–H groups in total. The van der Waals surface area contributed by atoms with Crippen molar-refractivity contribution in [2.75, 3.05) is 13.7 Å².